The summed E-state index contributed by atoms with van der Waals surface area (Å²) in [5.41, 5.74) is 1.25. The first-order valence-electron chi connectivity index (χ1n) is 5.88. The highest BCUT2D eigenvalue weighted by Gasteiger charge is 2.14. The number of ether oxygens (including phenoxy) is 1. The monoisotopic (exact) mass is 222 g/mol. The second-order valence-corrected chi connectivity index (χ2v) is 4.31. The summed E-state index contributed by atoms with van der Waals surface area (Å²) >= 11 is 0. The molecule has 0 aromatic carbocycles. The highest BCUT2D eigenvalue weighted by molar-refractivity contribution is 5.44. The van der Waals surface area contributed by atoms with E-state index < -0.39 is 0 Å². The van der Waals surface area contributed by atoms with E-state index in [1.807, 2.05) is 12.3 Å². The summed E-state index contributed by atoms with van der Waals surface area (Å²) in [4.78, 5) is 4.39. The van der Waals surface area contributed by atoms with Gasteiger partial charge in [0, 0.05) is 13.3 Å². The molecule has 0 aliphatic rings. The molecule has 0 saturated carbocycles. The molecule has 16 heavy (non-hydrogen) atoms. The van der Waals surface area contributed by atoms with Gasteiger partial charge in [0.2, 0.25) is 0 Å². The van der Waals surface area contributed by atoms with Crippen molar-refractivity contribution in [2.24, 2.45) is 5.92 Å². The van der Waals surface area contributed by atoms with Gasteiger partial charge in [-0.1, -0.05) is 26.8 Å². The lowest BCUT2D eigenvalue weighted by molar-refractivity contribution is 0.171. The molecule has 0 radical (unpaired) electrons. The number of aryl methyl sites for hydroxylation is 1. The van der Waals surface area contributed by atoms with E-state index in [0.717, 1.165) is 12.2 Å². The highest BCUT2D eigenvalue weighted by Crippen LogP contribution is 2.16. The van der Waals surface area contributed by atoms with Gasteiger partial charge < -0.3 is 10.1 Å². The standard InChI is InChI=1S/C13H22N2O/c1-5-11-7-6-8-14-13(11)15-12(9-16-4)10(2)3/h6-8,10,12H,5,9H2,1-4H3,(H,14,15). The molecule has 90 valence electrons. The predicted octanol–water partition coefficient (Wildman–Crippen LogP) is 2.73. The lowest BCUT2D eigenvalue weighted by Crippen LogP contribution is -2.31. The van der Waals surface area contributed by atoms with Gasteiger partial charge in [-0.3, -0.25) is 0 Å². The van der Waals surface area contributed by atoms with Gasteiger partial charge in [0.25, 0.3) is 0 Å². The van der Waals surface area contributed by atoms with Crippen LogP contribution in [-0.4, -0.2) is 24.7 Å². The lowest BCUT2D eigenvalue weighted by Gasteiger charge is -2.23. The van der Waals surface area contributed by atoms with Crippen LogP contribution in [-0.2, 0) is 11.2 Å². The fraction of sp³-hybridized carbons (Fsp3) is 0.615. The molecular formula is C13H22N2O. The van der Waals surface area contributed by atoms with E-state index in [2.05, 4.69) is 37.1 Å². The SMILES string of the molecule is CCc1cccnc1NC(COC)C(C)C. The van der Waals surface area contributed by atoms with Crippen molar-refractivity contribution >= 4 is 5.82 Å². The van der Waals surface area contributed by atoms with Gasteiger partial charge in [-0.2, -0.15) is 0 Å². The topological polar surface area (TPSA) is 34.2 Å². The Morgan fingerprint density at radius 1 is 1.44 bits per heavy atom. The molecule has 0 aliphatic carbocycles. The molecule has 1 heterocycles. The molecule has 3 heteroatoms. The summed E-state index contributed by atoms with van der Waals surface area (Å²) in [6.07, 6.45) is 2.82. The largest absolute Gasteiger partial charge is 0.383 e. The van der Waals surface area contributed by atoms with Gasteiger partial charge in [0.1, 0.15) is 5.82 Å². The van der Waals surface area contributed by atoms with Crippen molar-refractivity contribution in [3.05, 3.63) is 23.9 Å². The summed E-state index contributed by atoms with van der Waals surface area (Å²) in [5.74, 6) is 1.51. The van der Waals surface area contributed by atoms with E-state index in [0.29, 0.717) is 18.6 Å². The number of nitrogens with zero attached hydrogens (tertiary/aromatic N) is 1. The minimum atomic E-state index is 0.310. The Morgan fingerprint density at radius 2 is 2.19 bits per heavy atom. The smallest absolute Gasteiger partial charge is 0.129 e. The van der Waals surface area contributed by atoms with Crippen LogP contribution >= 0.6 is 0 Å². The van der Waals surface area contributed by atoms with Crippen LogP contribution in [0.4, 0.5) is 5.82 Å². The number of pyridine rings is 1. The Kier molecular flexibility index (Phi) is 5.26. The Bertz CT molecular complexity index is 313. The van der Waals surface area contributed by atoms with Crippen LogP contribution in [0, 0.1) is 5.92 Å². The van der Waals surface area contributed by atoms with Crippen molar-refractivity contribution in [2.45, 2.75) is 33.2 Å². The third kappa shape index (κ3) is 3.49. The first-order chi connectivity index (χ1) is 7.69. The number of methoxy groups -OCH3 is 1. The van der Waals surface area contributed by atoms with Gasteiger partial charge in [0.15, 0.2) is 0 Å². The first kappa shape index (κ1) is 13.0. The number of anilines is 1. The van der Waals surface area contributed by atoms with E-state index in [-0.39, 0.29) is 0 Å². The van der Waals surface area contributed by atoms with Crippen LogP contribution in [0.3, 0.4) is 0 Å². The molecule has 0 aliphatic heterocycles. The summed E-state index contributed by atoms with van der Waals surface area (Å²) in [5, 5.41) is 3.46. The van der Waals surface area contributed by atoms with Crippen LogP contribution in [0.15, 0.2) is 18.3 Å². The van der Waals surface area contributed by atoms with Crippen molar-refractivity contribution < 1.29 is 4.74 Å². The van der Waals surface area contributed by atoms with Crippen LogP contribution < -0.4 is 5.32 Å². The lowest BCUT2D eigenvalue weighted by atomic mass is 10.0. The summed E-state index contributed by atoms with van der Waals surface area (Å²) < 4.78 is 5.22. The second-order valence-electron chi connectivity index (χ2n) is 4.31. The van der Waals surface area contributed by atoms with Gasteiger partial charge in [-0.15, -0.1) is 0 Å². The molecule has 1 unspecified atom stereocenters. The summed E-state index contributed by atoms with van der Waals surface area (Å²) in [6.45, 7) is 7.22. The quantitative estimate of drug-likeness (QED) is 0.803. The normalized spacial score (nSPS) is 12.8. The van der Waals surface area contributed by atoms with Crippen molar-refractivity contribution in [1.82, 2.24) is 4.98 Å². The Labute approximate surface area is 98.2 Å². The first-order valence-corrected chi connectivity index (χ1v) is 5.88. The van der Waals surface area contributed by atoms with E-state index in [1.165, 1.54) is 5.56 Å². The third-order valence-corrected chi connectivity index (χ3v) is 2.75. The second kappa shape index (κ2) is 6.48. The fourth-order valence-electron chi connectivity index (χ4n) is 1.61. The van der Waals surface area contributed by atoms with E-state index >= 15 is 0 Å². The molecule has 1 rings (SSSR count). The van der Waals surface area contributed by atoms with Crippen LogP contribution in [0.2, 0.25) is 0 Å². The molecule has 1 aromatic rings. The Morgan fingerprint density at radius 3 is 2.75 bits per heavy atom. The van der Waals surface area contributed by atoms with Crippen molar-refractivity contribution in [1.29, 1.82) is 0 Å². The van der Waals surface area contributed by atoms with Gasteiger partial charge in [-0.25, -0.2) is 4.98 Å². The summed E-state index contributed by atoms with van der Waals surface area (Å²) in [7, 11) is 1.73. The third-order valence-electron chi connectivity index (χ3n) is 2.75. The van der Waals surface area contributed by atoms with Crippen LogP contribution in [0.25, 0.3) is 0 Å². The maximum Gasteiger partial charge on any atom is 0.129 e. The van der Waals surface area contributed by atoms with E-state index in [1.54, 1.807) is 7.11 Å². The van der Waals surface area contributed by atoms with E-state index in [9.17, 15) is 0 Å². The molecular weight excluding hydrogens is 200 g/mol. The number of rotatable bonds is 6. The van der Waals surface area contributed by atoms with Gasteiger partial charge in [0.05, 0.1) is 12.6 Å². The molecule has 0 bridgehead atoms. The molecule has 1 N–H and O–H groups in total. The Balaban J connectivity index is 2.76. The fourth-order valence-corrected chi connectivity index (χ4v) is 1.61. The zero-order valence-corrected chi connectivity index (χ0v) is 10.7. The molecule has 3 nitrogen and oxygen atoms in total. The minimum absolute atomic E-state index is 0.310. The maximum atomic E-state index is 5.22. The molecule has 0 spiro atoms. The summed E-state index contributed by atoms with van der Waals surface area (Å²) in [6, 6.07) is 4.40. The molecule has 1 aromatic heterocycles. The zero-order chi connectivity index (χ0) is 12.0. The van der Waals surface area contributed by atoms with Crippen LogP contribution in [0.1, 0.15) is 26.3 Å². The molecule has 0 amide bonds. The number of aromatic nitrogens is 1. The zero-order valence-electron chi connectivity index (χ0n) is 10.7. The number of hydrogen-bond acceptors (Lipinski definition) is 3. The average Bonchev–Trinajstić information content (AvgIpc) is 2.29. The van der Waals surface area contributed by atoms with Crippen molar-refractivity contribution in [2.75, 3.05) is 19.0 Å². The maximum absolute atomic E-state index is 5.22. The minimum Gasteiger partial charge on any atom is -0.383 e. The van der Waals surface area contributed by atoms with Gasteiger partial charge >= 0.3 is 0 Å². The van der Waals surface area contributed by atoms with E-state index in [4.69, 9.17) is 4.74 Å². The molecule has 0 fully saturated rings. The average molecular weight is 222 g/mol. The Hall–Kier alpha value is -1.09. The van der Waals surface area contributed by atoms with Crippen molar-refractivity contribution in [3.8, 4) is 0 Å². The number of hydrogen-bond donors (Lipinski definition) is 1. The number of nitrogens with one attached hydrogen (secondary N) is 1. The van der Waals surface area contributed by atoms with Crippen LogP contribution in [0.5, 0.6) is 0 Å². The molecule has 1 atom stereocenters. The van der Waals surface area contributed by atoms with Crippen molar-refractivity contribution in [3.63, 3.8) is 0 Å². The predicted molar refractivity (Wildman–Crippen MR) is 67.7 cm³/mol. The molecule has 0 saturated heterocycles. The highest BCUT2D eigenvalue weighted by atomic mass is 16.5. The van der Waals surface area contributed by atoms with Gasteiger partial charge in [-0.05, 0) is 24.0 Å².